The lowest BCUT2D eigenvalue weighted by atomic mass is 10.0. The first-order valence-corrected chi connectivity index (χ1v) is 11.2. The summed E-state index contributed by atoms with van der Waals surface area (Å²) in [5.41, 5.74) is 1.29. The molecule has 1 aliphatic heterocycles. The van der Waals surface area contributed by atoms with Crippen LogP contribution >= 0.6 is 0 Å². The number of pyridine rings is 1. The van der Waals surface area contributed by atoms with Gasteiger partial charge in [0.25, 0.3) is 0 Å². The molecule has 1 aromatic carbocycles. The summed E-state index contributed by atoms with van der Waals surface area (Å²) >= 11 is 0. The number of rotatable bonds is 7. The maximum atomic E-state index is 13.9. The van der Waals surface area contributed by atoms with Gasteiger partial charge in [0.15, 0.2) is 23.2 Å². The van der Waals surface area contributed by atoms with Crippen LogP contribution in [0.3, 0.4) is 0 Å². The molecule has 3 heterocycles. The molecular formula is C24H29F2N5O2. The number of hydrogen-bond donors (Lipinski definition) is 2. The second-order valence-electron chi connectivity index (χ2n) is 8.96. The third-order valence-corrected chi connectivity index (χ3v) is 5.48. The van der Waals surface area contributed by atoms with Crippen molar-refractivity contribution >= 4 is 22.7 Å². The lowest BCUT2D eigenvalue weighted by Gasteiger charge is -2.33. The van der Waals surface area contributed by atoms with Crippen LogP contribution in [0.25, 0.3) is 11.0 Å². The number of aliphatic hydroxyl groups is 1. The Kier molecular flexibility index (Phi) is 6.60. The number of nitrogens with zero attached hydrogens (tertiary/aromatic N) is 4. The number of piperidine rings is 1. The largest absolute Gasteiger partial charge is 0.487 e. The fraction of sp³-hybridized carbons (Fsp3) is 0.458. The molecule has 7 nitrogen and oxygen atoms in total. The lowest BCUT2D eigenvalue weighted by molar-refractivity contribution is 0.0800. The smallest absolute Gasteiger partial charge is 0.172 e. The summed E-state index contributed by atoms with van der Waals surface area (Å²) in [6.07, 6.45) is 3.29. The maximum absolute atomic E-state index is 13.9. The number of nitrogens with one attached hydrogen (secondary N) is 1. The Labute approximate surface area is 191 Å². The summed E-state index contributed by atoms with van der Waals surface area (Å²) in [6.45, 7) is 7.51. The van der Waals surface area contributed by atoms with Crippen LogP contribution in [0.1, 0.15) is 39.3 Å². The third kappa shape index (κ3) is 5.65. The topological polar surface area (TPSA) is 83.4 Å². The fourth-order valence-corrected chi connectivity index (χ4v) is 3.97. The van der Waals surface area contributed by atoms with Crippen LogP contribution in [0.2, 0.25) is 0 Å². The summed E-state index contributed by atoms with van der Waals surface area (Å²) in [6, 6.07) is 5.22. The van der Waals surface area contributed by atoms with Crippen molar-refractivity contribution in [2.24, 2.45) is 0 Å². The maximum Gasteiger partial charge on any atom is 0.172 e. The van der Waals surface area contributed by atoms with Crippen LogP contribution < -0.4 is 15.0 Å². The van der Waals surface area contributed by atoms with Crippen molar-refractivity contribution in [1.82, 2.24) is 15.0 Å². The average Bonchev–Trinajstić information content (AvgIpc) is 2.75. The second-order valence-corrected chi connectivity index (χ2v) is 8.96. The lowest BCUT2D eigenvalue weighted by Crippen LogP contribution is -2.39. The average molecular weight is 458 g/mol. The minimum atomic E-state index is -0.859. The van der Waals surface area contributed by atoms with Crippen LogP contribution in [0.15, 0.2) is 30.5 Å². The minimum Gasteiger partial charge on any atom is -0.487 e. The van der Waals surface area contributed by atoms with Crippen LogP contribution in [0.5, 0.6) is 5.75 Å². The number of fused-ring (bicyclic) bond motifs is 1. The molecule has 33 heavy (non-hydrogen) atoms. The van der Waals surface area contributed by atoms with Crippen molar-refractivity contribution in [3.63, 3.8) is 0 Å². The van der Waals surface area contributed by atoms with Crippen LogP contribution in [-0.2, 0) is 6.42 Å². The molecule has 0 aliphatic carbocycles. The van der Waals surface area contributed by atoms with Gasteiger partial charge in [0.1, 0.15) is 17.4 Å². The Bertz CT molecular complexity index is 1130. The molecule has 1 fully saturated rings. The van der Waals surface area contributed by atoms with Crippen molar-refractivity contribution in [2.75, 3.05) is 29.9 Å². The van der Waals surface area contributed by atoms with E-state index in [0.717, 1.165) is 17.6 Å². The number of hydrogen-bond acceptors (Lipinski definition) is 7. The van der Waals surface area contributed by atoms with Crippen LogP contribution in [0.4, 0.5) is 20.4 Å². The molecule has 9 heteroatoms. The van der Waals surface area contributed by atoms with Gasteiger partial charge >= 0.3 is 0 Å². The molecule has 0 bridgehead atoms. The normalized spacial score (nSPS) is 15.2. The van der Waals surface area contributed by atoms with Crippen molar-refractivity contribution in [1.29, 1.82) is 0 Å². The van der Waals surface area contributed by atoms with E-state index in [1.54, 1.807) is 20.0 Å². The number of anilines is 2. The highest BCUT2D eigenvalue weighted by Crippen LogP contribution is 2.29. The Morgan fingerprint density at radius 3 is 2.58 bits per heavy atom. The van der Waals surface area contributed by atoms with Gasteiger partial charge in [0.2, 0.25) is 0 Å². The standard InChI is InChI=1S/C24H29F2N5O2/c1-4-27-22-23(30-20-14-28-16(12-19(20)29-22)13-24(2,3)32)31-9-7-17(8-10-31)33-21-6-5-15(25)11-18(21)26/h5-6,11-12,14,17,32H,4,7-10,13H2,1-3H3,(H,27,29). The highest BCUT2D eigenvalue weighted by Gasteiger charge is 2.25. The summed E-state index contributed by atoms with van der Waals surface area (Å²) in [5, 5.41) is 13.4. The van der Waals surface area contributed by atoms with E-state index >= 15 is 0 Å². The van der Waals surface area contributed by atoms with Crippen molar-refractivity contribution in [3.8, 4) is 5.75 Å². The van der Waals surface area contributed by atoms with Gasteiger partial charge in [-0.2, -0.15) is 0 Å². The molecule has 0 spiro atoms. The van der Waals surface area contributed by atoms with Gasteiger partial charge < -0.3 is 20.1 Å². The van der Waals surface area contributed by atoms with Gasteiger partial charge in [-0.25, -0.2) is 18.7 Å². The molecule has 4 rings (SSSR count). The molecule has 0 unspecified atom stereocenters. The Morgan fingerprint density at radius 2 is 1.91 bits per heavy atom. The molecule has 1 saturated heterocycles. The second kappa shape index (κ2) is 9.43. The van der Waals surface area contributed by atoms with Gasteiger partial charge in [0, 0.05) is 50.7 Å². The molecule has 2 aromatic heterocycles. The first-order valence-electron chi connectivity index (χ1n) is 11.2. The Hall–Kier alpha value is -3.07. The zero-order valence-corrected chi connectivity index (χ0v) is 19.1. The molecule has 0 saturated carbocycles. The van der Waals surface area contributed by atoms with Gasteiger partial charge in [-0.05, 0) is 39.0 Å². The van der Waals surface area contributed by atoms with E-state index in [1.807, 2.05) is 13.0 Å². The highest BCUT2D eigenvalue weighted by atomic mass is 19.1. The molecule has 0 atom stereocenters. The van der Waals surface area contributed by atoms with E-state index in [0.29, 0.717) is 55.7 Å². The molecule has 0 radical (unpaired) electrons. The predicted octanol–water partition coefficient (Wildman–Crippen LogP) is 4.10. The van der Waals surface area contributed by atoms with Gasteiger partial charge in [-0.15, -0.1) is 0 Å². The molecule has 3 aromatic rings. The number of benzene rings is 1. The van der Waals surface area contributed by atoms with E-state index in [2.05, 4.69) is 15.2 Å². The first-order chi connectivity index (χ1) is 15.7. The third-order valence-electron chi connectivity index (χ3n) is 5.48. The monoisotopic (exact) mass is 457 g/mol. The van der Waals surface area contributed by atoms with E-state index in [-0.39, 0.29) is 11.9 Å². The Morgan fingerprint density at radius 1 is 1.15 bits per heavy atom. The predicted molar refractivity (Wildman–Crippen MR) is 124 cm³/mol. The first kappa shape index (κ1) is 23.1. The molecule has 0 amide bonds. The number of ether oxygens (including phenoxy) is 1. The van der Waals surface area contributed by atoms with E-state index in [4.69, 9.17) is 14.7 Å². The van der Waals surface area contributed by atoms with Gasteiger partial charge in [-0.1, -0.05) is 0 Å². The molecular weight excluding hydrogens is 428 g/mol. The van der Waals surface area contributed by atoms with Gasteiger partial charge in [0.05, 0.1) is 17.3 Å². The zero-order valence-electron chi connectivity index (χ0n) is 19.1. The summed E-state index contributed by atoms with van der Waals surface area (Å²) in [5.74, 6) is 0.190. The minimum absolute atomic E-state index is 0.0709. The summed E-state index contributed by atoms with van der Waals surface area (Å²) in [4.78, 5) is 16.2. The summed E-state index contributed by atoms with van der Waals surface area (Å²) in [7, 11) is 0. The van der Waals surface area contributed by atoms with E-state index in [9.17, 15) is 13.9 Å². The SMILES string of the molecule is CCNc1nc2cc(CC(C)(C)O)ncc2nc1N1CCC(Oc2ccc(F)cc2F)CC1. The van der Waals surface area contributed by atoms with Crippen molar-refractivity contribution in [2.45, 2.75) is 51.7 Å². The zero-order chi connectivity index (χ0) is 23.6. The van der Waals surface area contributed by atoms with Crippen molar-refractivity contribution < 1.29 is 18.6 Å². The number of halogens is 2. The van der Waals surface area contributed by atoms with Gasteiger partial charge in [-0.3, -0.25) is 4.98 Å². The Balaban J connectivity index is 1.51. The molecule has 1 aliphatic rings. The quantitative estimate of drug-likeness (QED) is 0.553. The summed E-state index contributed by atoms with van der Waals surface area (Å²) < 4.78 is 32.8. The molecule has 176 valence electrons. The van der Waals surface area contributed by atoms with Crippen molar-refractivity contribution in [3.05, 3.63) is 47.8 Å². The highest BCUT2D eigenvalue weighted by molar-refractivity contribution is 5.80. The van der Waals surface area contributed by atoms with E-state index in [1.165, 1.54) is 12.1 Å². The van der Waals surface area contributed by atoms with E-state index < -0.39 is 17.2 Å². The van der Waals surface area contributed by atoms with Crippen LogP contribution in [0, 0.1) is 11.6 Å². The van der Waals surface area contributed by atoms with Crippen LogP contribution in [-0.4, -0.2) is 51.4 Å². The molecule has 2 N–H and O–H groups in total. The number of aromatic nitrogens is 3. The fourth-order valence-electron chi connectivity index (χ4n) is 3.97.